The van der Waals surface area contributed by atoms with Crippen LogP contribution >= 0.6 is 12.2 Å². The highest BCUT2D eigenvalue weighted by Crippen LogP contribution is 2.25. The zero-order valence-electron chi connectivity index (χ0n) is 12.3. The summed E-state index contributed by atoms with van der Waals surface area (Å²) in [5.74, 6) is 0.940. The second kappa shape index (κ2) is 6.62. The maximum Gasteiger partial charge on any atom is 0.178 e. The minimum Gasteiger partial charge on any atom is -0.491 e. The van der Waals surface area contributed by atoms with Gasteiger partial charge in [0.05, 0.1) is 17.9 Å². The number of hydrogen-bond acceptors (Lipinski definition) is 4. The van der Waals surface area contributed by atoms with Gasteiger partial charge in [0.25, 0.3) is 0 Å². The number of para-hydroxylation sites is 1. The number of benzene rings is 1. The molecule has 116 valence electrons. The molecular weight excluding hydrogens is 308 g/mol. The van der Waals surface area contributed by atoms with Crippen LogP contribution in [-0.4, -0.2) is 36.6 Å². The number of sulfone groups is 1. The summed E-state index contributed by atoms with van der Waals surface area (Å²) in [7, 11) is -2.95. The summed E-state index contributed by atoms with van der Waals surface area (Å²) < 4.78 is 30.7. The maximum absolute atomic E-state index is 11.2. The van der Waals surface area contributed by atoms with Crippen molar-refractivity contribution in [2.75, 3.05) is 18.6 Å². The highest BCUT2D eigenvalue weighted by molar-refractivity contribution is 7.90. The normalized spacial score (nSPS) is 11.9. The molecular formula is C14H20N2O3S2. The molecule has 2 rings (SSSR count). The number of aryl methyl sites for hydroxylation is 1. The molecule has 0 aliphatic rings. The van der Waals surface area contributed by atoms with E-state index in [4.69, 9.17) is 17.0 Å². The molecule has 21 heavy (non-hydrogen) atoms. The summed E-state index contributed by atoms with van der Waals surface area (Å²) in [6, 6.07) is 5.79. The lowest BCUT2D eigenvalue weighted by atomic mass is 10.3. The van der Waals surface area contributed by atoms with Crippen molar-refractivity contribution in [3.8, 4) is 5.75 Å². The van der Waals surface area contributed by atoms with Gasteiger partial charge in [-0.25, -0.2) is 8.42 Å². The number of ether oxygens (including phenoxy) is 1. The highest BCUT2D eigenvalue weighted by atomic mass is 32.2. The van der Waals surface area contributed by atoms with Gasteiger partial charge in [-0.1, -0.05) is 13.0 Å². The Bertz CT molecular complexity index is 775. The Labute approximate surface area is 129 Å². The first-order valence-electron chi connectivity index (χ1n) is 6.94. The summed E-state index contributed by atoms with van der Waals surface area (Å²) in [6.45, 7) is 3.28. The fraction of sp³-hybridized carbons (Fsp3) is 0.500. The number of imidazole rings is 1. The Hall–Kier alpha value is -1.34. The highest BCUT2D eigenvalue weighted by Gasteiger charge is 2.10. The van der Waals surface area contributed by atoms with Crippen molar-refractivity contribution in [3.05, 3.63) is 23.0 Å². The van der Waals surface area contributed by atoms with Gasteiger partial charge < -0.3 is 14.3 Å². The van der Waals surface area contributed by atoms with Gasteiger partial charge in [0.1, 0.15) is 21.1 Å². The van der Waals surface area contributed by atoms with Gasteiger partial charge in [0.15, 0.2) is 4.77 Å². The molecule has 1 aromatic heterocycles. The summed E-state index contributed by atoms with van der Waals surface area (Å²) in [4.78, 5) is 3.16. The Morgan fingerprint density at radius 3 is 2.81 bits per heavy atom. The lowest BCUT2D eigenvalue weighted by Crippen LogP contribution is -2.07. The van der Waals surface area contributed by atoms with Crippen LogP contribution in [0, 0.1) is 4.77 Å². The van der Waals surface area contributed by atoms with Crippen molar-refractivity contribution in [1.29, 1.82) is 0 Å². The fourth-order valence-electron chi connectivity index (χ4n) is 2.19. The van der Waals surface area contributed by atoms with E-state index in [1.54, 1.807) is 0 Å². The second-order valence-electron chi connectivity index (χ2n) is 5.06. The van der Waals surface area contributed by atoms with Crippen LogP contribution in [0.5, 0.6) is 5.75 Å². The third-order valence-electron chi connectivity index (χ3n) is 3.13. The Balaban J connectivity index is 2.28. The molecule has 1 heterocycles. The van der Waals surface area contributed by atoms with E-state index in [9.17, 15) is 8.42 Å². The van der Waals surface area contributed by atoms with E-state index in [-0.39, 0.29) is 5.75 Å². The van der Waals surface area contributed by atoms with E-state index in [0.717, 1.165) is 23.2 Å². The molecule has 0 unspecified atom stereocenters. The van der Waals surface area contributed by atoms with Crippen molar-refractivity contribution < 1.29 is 13.2 Å². The van der Waals surface area contributed by atoms with Crippen molar-refractivity contribution in [2.45, 2.75) is 26.3 Å². The van der Waals surface area contributed by atoms with Crippen LogP contribution in [0.3, 0.4) is 0 Å². The minimum atomic E-state index is -2.95. The summed E-state index contributed by atoms with van der Waals surface area (Å²) in [6.07, 6.45) is 2.73. The van der Waals surface area contributed by atoms with E-state index in [2.05, 4.69) is 11.9 Å². The van der Waals surface area contributed by atoms with E-state index in [1.165, 1.54) is 6.26 Å². The smallest absolute Gasteiger partial charge is 0.178 e. The Kier molecular flexibility index (Phi) is 5.05. The number of H-pyrrole nitrogens is 1. The van der Waals surface area contributed by atoms with Crippen LogP contribution in [0.1, 0.15) is 19.8 Å². The molecule has 0 atom stereocenters. The molecule has 0 radical (unpaired) electrons. The molecule has 2 aromatic rings. The van der Waals surface area contributed by atoms with Gasteiger partial charge in [0.2, 0.25) is 0 Å². The van der Waals surface area contributed by atoms with Gasteiger partial charge in [-0.2, -0.15) is 0 Å². The first-order valence-corrected chi connectivity index (χ1v) is 9.41. The fourth-order valence-corrected chi connectivity index (χ4v) is 3.14. The lowest BCUT2D eigenvalue weighted by molar-refractivity contribution is 0.320. The van der Waals surface area contributed by atoms with Gasteiger partial charge in [-0.15, -0.1) is 0 Å². The van der Waals surface area contributed by atoms with Gasteiger partial charge in [-0.3, -0.25) is 0 Å². The summed E-state index contributed by atoms with van der Waals surface area (Å²) in [5.41, 5.74) is 1.82. The zero-order valence-corrected chi connectivity index (χ0v) is 13.9. The maximum atomic E-state index is 11.2. The molecule has 7 heteroatoms. The monoisotopic (exact) mass is 328 g/mol. The van der Waals surface area contributed by atoms with Crippen LogP contribution < -0.4 is 4.74 Å². The number of hydrogen-bond donors (Lipinski definition) is 1. The van der Waals surface area contributed by atoms with E-state index < -0.39 is 9.84 Å². The minimum absolute atomic E-state index is 0.160. The third-order valence-corrected chi connectivity index (χ3v) is 4.48. The second-order valence-corrected chi connectivity index (χ2v) is 7.71. The Morgan fingerprint density at radius 2 is 2.14 bits per heavy atom. The zero-order chi connectivity index (χ0) is 15.5. The van der Waals surface area contributed by atoms with Gasteiger partial charge in [-0.05, 0) is 37.2 Å². The van der Waals surface area contributed by atoms with Gasteiger partial charge >= 0.3 is 0 Å². The van der Waals surface area contributed by atoms with Crippen LogP contribution in [0.15, 0.2) is 18.2 Å². The van der Waals surface area contributed by atoms with E-state index >= 15 is 0 Å². The standard InChI is InChI=1S/C14H20N2O3S2/c1-3-9-19-12-7-4-6-11-13(12)15-14(20)16(11)8-5-10-21(2,17)18/h4,6-7H,3,5,8-10H2,1-2H3,(H,15,20). The summed E-state index contributed by atoms with van der Waals surface area (Å²) >= 11 is 5.33. The largest absolute Gasteiger partial charge is 0.491 e. The molecule has 0 fully saturated rings. The topological polar surface area (TPSA) is 64.1 Å². The molecule has 0 bridgehead atoms. The SMILES string of the molecule is CCCOc1cccc2c1[nH]c(=S)n2CCCS(C)(=O)=O. The van der Waals surface area contributed by atoms with Crippen molar-refractivity contribution in [2.24, 2.45) is 0 Å². The molecule has 0 amide bonds. The molecule has 0 spiro atoms. The molecule has 1 aromatic carbocycles. The number of rotatable bonds is 7. The third kappa shape index (κ3) is 4.07. The van der Waals surface area contributed by atoms with Crippen molar-refractivity contribution in [1.82, 2.24) is 9.55 Å². The number of aromatic amines is 1. The van der Waals surface area contributed by atoms with Crippen LogP contribution in [0.4, 0.5) is 0 Å². The first-order chi connectivity index (χ1) is 9.92. The van der Waals surface area contributed by atoms with E-state index in [1.807, 2.05) is 22.8 Å². The Morgan fingerprint density at radius 1 is 1.38 bits per heavy atom. The average molecular weight is 328 g/mol. The first kappa shape index (κ1) is 16.0. The van der Waals surface area contributed by atoms with E-state index in [0.29, 0.717) is 24.3 Å². The van der Waals surface area contributed by atoms with Crippen LogP contribution in [0.2, 0.25) is 0 Å². The van der Waals surface area contributed by atoms with Crippen LogP contribution in [-0.2, 0) is 16.4 Å². The van der Waals surface area contributed by atoms with Crippen molar-refractivity contribution >= 4 is 33.1 Å². The molecule has 0 aliphatic carbocycles. The number of aromatic nitrogens is 2. The van der Waals surface area contributed by atoms with Crippen LogP contribution in [0.25, 0.3) is 11.0 Å². The van der Waals surface area contributed by atoms with Gasteiger partial charge in [0, 0.05) is 12.8 Å². The number of nitrogens with one attached hydrogen (secondary N) is 1. The lowest BCUT2D eigenvalue weighted by Gasteiger charge is -2.07. The number of nitrogens with zero attached hydrogens (tertiary/aromatic N) is 1. The molecule has 0 saturated heterocycles. The van der Waals surface area contributed by atoms with Crippen molar-refractivity contribution in [3.63, 3.8) is 0 Å². The quantitative estimate of drug-likeness (QED) is 0.794. The molecule has 5 nitrogen and oxygen atoms in total. The number of fused-ring (bicyclic) bond motifs is 1. The predicted octanol–water partition coefficient (Wildman–Crippen LogP) is 2.92. The molecule has 0 aliphatic heterocycles. The predicted molar refractivity (Wildman–Crippen MR) is 87.2 cm³/mol. The molecule has 0 saturated carbocycles. The average Bonchev–Trinajstić information content (AvgIpc) is 2.72. The summed E-state index contributed by atoms with van der Waals surface area (Å²) in [5, 5.41) is 0. The molecule has 1 N–H and O–H groups in total.